The fourth-order valence-corrected chi connectivity index (χ4v) is 3.11. The van der Waals surface area contributed by atoms with Crippen molar-refractivity contribution in [1.29, 1.82) is 5.26 Å². The van der Waals surface area contributed by atoms with Crippen LogP contribution < -0.4 is 0 Å². The lowest BCUT2D eigenvalue weighted by molar-refractivity contribution is 0.0790. The van der Waals surface area contributed by atoms with Crippen LogP contribution in [-0.2, 0) is 12.8 Å². The Morgan fingerprint density at radius 2 is 2.17 bits per heavy atom. The van der Waals surface area contributed by atoms with Gasteiger partial charge in [0.05, 0.1) is 18.2 Å². The van der Waals surface area contributed by atoms with Gasteiger partial charge in [-0.25, -0.2) is 4.68 Å². The Balaban J connectivity index is 2.01. The van der Waals surface area contributed by atoms with Gasteiger partial charge in [-0.15, -0.1) is 0 Å². The van der Waals surface area contributed by atoms with E-state index in [-0.39, 0.29) is 5.91 Å². The van der Waals surface area contributed by atoms with Crippen molar-refractivity contribution in [2.24, 2.45) is 0 Å². The molecule has 118 valence electrons. The number of nitrogens with zero attached hydrogens (tertiary/aromatic N) is 4. The van der Waals surface area contributed by atoms with Gasteiger partial charge in [0.1, 0.15) is 0 Å². The molecule has 0 fully saturated rings. The van der Waals surface area contributed by atoms with Gasteiger partial charge in [0.15, 0.2) is 5.69 Å². The van der Waals surface area contributed by atoms with E-state index in [9.17, 15) is 4.79 Å². The van der Waals surface area contributed by atoms with E-state index in [2.05, 4.69) is 24.2 Å². The number of para-hydroxylation sites is 1. The van der Waals surface area contributed by atoms with Crippen LogP contribution in [0.2, 0.25) is 0 Å². The number of aromatic nitrogens is 2. The summed E-state index contributed by atoms with van der Waals surface area (Å²) < 4.78 is 1.93. The highest BCUT2D eigenvalue weighted by Gasteiger charge is 2.28. The number of benzene rings is 1. The number of carbonyl (C=O) groups is 1. The second kappa shape index (κ2) is 6.25. The van der Waals surface area contributed by atoms with Gasteiger partial charge in [-0.05, 0) is 37.8 Å². The van der Waals surface area contributed by atoms with Crippen molar-refractivity contribution in [3.05, 3.63) is 46.8 Å². The molecule has 0 unspecified atom stereocenters. The molecule has 0 saturated heterocycles. The highest BCUT2D eigenvalue weighted by molar-refractivity contribution is 5.94. The summed E-state index contributed by atoms with van der Waals surface area (Å²) in [5.41, 5.74) is 4.94. The number of rotatable bonds is 4. The molecule has 0 aliphatic heterocycles. The zero-order valence-corrected chi connectivity index (χ0v) is 13.5. The molecule has 0 spiro atoms. The van der Waals surface area contributed by atoms with Crippen molar-refractivity contribution < 1.29 is 4.79 Å². The van der Waals surface area contributed by atoms with Crippen LogP contribution in [0.5, 0.6) is 0 Å². The van der Waals surface area contributed by atoms with Crippen LogP contribution in [-0.4, -0.2) is 34.2 Å². The molecule has 0 saturated carbocycles. The van der Waals surface area contributed by atoms with Crippen molar-refractivity contribution >= 4 is 5.91 Å². The lowest BCUT2D eigenvalue weighted by atomic mass is 10.1. The maximum absolute atomic E-state index is 12.7. The first-order chi connectivity index (χ1) is 11.1. The molecule has 1 amide bonds. The third-order valence-electron chi connectivity index (χ3n) is 4.38. The molecule has 1 heterocycles. The van der Waals surface area contributed by atoms with E-state index in [0.29, 0.717) is 18.7 Å². The van der Waals surface area contributed by atoms with E-state index < -0.39 is 0 Å². The number of fused-ring (bicyclic) bond motifs is 1. The third kappa shape index (κ3) is 2.72. The molecular weight excluding hydrogens is 288 g/mol. The summed E-state index contributed by atoms with van der Waals surface area (Å²) in [5, 5.41) is 13.3. The van der Waals surface area contributed by atoms with Crippen molar-refractivity contribution in [1.82, 2.24) is 14.7 Å². The van der Waals surface area contributed by atoms with Crippen molar-refractivity contribution in [3.8, 4) is 11.8 Å². The van der Waals surface area contributed by atoms with Gasteiger partial charge < -0.3 is 4.90 Å². The Kier molecular flexibility index (Phi) is 4.16. The molecule has 2 aromatic rings. The van der Waals surface area contributed by atoms with Crippen LogP contribution >= 0.6 is 0 Å². The number of hydrogen-bond acceptors (Lipinski definition) is 3. The number of nitriles is 1. The molecule has 1 aromatic carbocycles. The topological polar surface area (TPSA) is 61.9 Å². The normalized spacial score (nSPS) is 12.7. The molecule has 1 aliphatic carbocycles. The summed E-state index contributed by atoms with van der Waals surface area (Å²) in [6.07, 6.45) is 3.24. The first-order valence-electron chi connectivity index (χ1n) is 7.92. The summed E-state index contributed by atoms with van der Waals surface area (Å²) in [4.78, 5) is 14.3. The monoisotopic (exact) mass is 308 g/mol. The Hall–Kier alpha value is -2.61. The van der Waals surface area contributed by atoms with Gasteiger partial charge in [-0.1, -0.05) is 18.2 Å². The number of hydrogen-bond donors (Lipinski definition) is 0. The maximum Gasteiger partial charge on any atom is 0.274 e. The Morgan fingerprint density at radius 1 is 1.39 bits per heavy atom. The molecule has 0 bridgehead atoms. The number of amides is 1. The molecule has 3 rings (SSSR count). The predicted octanol–water partition coefficient (Wildman–Crippen LogP) is 2.66. The van der Waals surface area contributed by atoms with Crippen LogP contribution in [0.4, 0.5) is 0 Å². The highest BCUT2D eigenvalue weighted by Crippen LogP contribution is 2.29. The molecule has 23 heavy (non-hydrogen) atoms. The summed E-state index contributed by atoms with van der Waals surface area (Å²) in [7, 11) is 1.73. The Morgan fingerprint density at radius 3 is 2.91 bits per heavy atom. The quantitative estimate of drug-likeness (QED) is 0.872. The SMILES string of the molecule is Cc1ccccc1-n1nc(C(=O)N(C)CCC#N)c2c1CCC2. The lowest BCUT2D eigenvalue weighted by Crippen LogP contribution is -2.28. The fourth-order valence-electron chi connectivity index (χ4n) is 3.11. The van der Waals surface area contributed by atoms with Gasteiger partial charge in [0, 0.05) is 24.8 Å². The van der Waals surface area contributed by atoms with Gasteiger partial charge in [0.25, 0.3) is 5.91 Å². The minimum Gasteiger partial charge on any atom is -0.339 e. The van der Waals surface area contributed by atoms with Gasteiger partial charge in [-0.3, -0.25) is 4.79 Å². The van der Waals surface area contributed by atoms with Crippen LogP contribution in [0, 0.1) is 18.3 Å². The molecule has 5 heteroatoms. The van der Waals surface area contributed by atoms with E-state index >= 15 is 0 Å². The Labute approximate surface area is 136 Å². The summed E-state index contributed by atoms with van der Waals surface area (Å²) in [6.45, 7) is 2.49. The average Bonchev–Trinajstić information content (AvgIpc) is 3.15. The van der Waals surface area contributed by atoms with Crippen molar-refractivity contribution in [2.45, 2.75) is 32.6 Å². The third-order valence-corrected chi connectivity index (χ3v) is 4.38. The number of aryl methyl sites for hydroxylation is 1. The van der Waals surface area contributed by atoms with Crippen LogP contribution in [0.3, 0.4) is 0 Å². The minimum atomic E-state index is -0.0919. The molecule has 5 nitrogen and oxygen atoms in total. The second-order valence-electron chi connectivity index (χ2n) is 5.96. The molecule has 1 aromatic heterocycles. The summed E-state index contributed by atoms with van der Waals surface area (Å²) >= 11 is 0. The molecule has 0 atom stereocenters. The van der Waals surface area contributed by atoms with Gasteiger partial charge >= 0.3 is 0 Å². The standard InChI is InChI=1S/C18H20N4O/c1-13-7-3-4-9-15(13)22-16-10-5-8-14(16)17(20-22)18(23)21(2)12-6-11-19/h3-4,7,9H,5-6,8,10,12H2,1-2H3. The maximum atomic E-state index is 12.7. The van der Waals surface area contributed by atoms with Crippen LogP contribution in [0.15, 0.2) is 24.3 Å². The number of carbonyl (C=O) groups excluding carboxylic acids is 1. The largest absolute Gasteiger partial charge is 0.339 e. The first-order valence-corrected chi connectivity index (χ1v) is 7.92. The minimum absolute atomic E-state index is 0.0919. The van der Waals surface area contributed by atoms with E-state index in [1.807, 2.05) is 22.9 Å². The lowest BCUT2D eigenvalue weighted by Gasteiger charge is -2.14. The molecule has 0 radical (unpaired) electrons. The van der Waals surface area contributed by atoms with Crippen LogP contribution in [0.25, 0.3) is 5.69 Å². The fraction of sp³-hybridized carbons (Fsp3) is 0.389. The summed E-state index contributed by atoms with van der Waals surface area (Å²) in [5.74, 6) is -0.0919. The highest BCUT2D eigenvalue weighted by atomic mass is 16.2. The summed E-state index contributed by atoms with van der Waals surface area (Å²) in [6, 6.07) is 10.2. The van der Waals surface area contributed by atoms with E-state index in [1.54, 1.807) is 11.9 Å². The van der Waals surface area contributed by atoms with E-state index in [0.717, 1.165) is 41.8 Å². The zero-order valence-electron chi connectivity index (χ0n) is 13.5. The van der Waals surface area contributed by atoms with Crippen molar-refractivity contribution in [3.63, 3.8) is 0 Å². The average molecular weight is 308 g/mol. The zero-order chi connectivity index (χ0) is 16.4. The smallest absolute Gasteiger partial charge is 0.274 e. The molecule has 0 N–H and O–H groups in total. The van der Waals surface area contributed by atoms with Gasteiger partial charge in [-0.2, -0.15) is 10.4 Å². The van der Waals surface area contributed by atoms with Crippen LogP contribution in [0.1, 0.15) is 40.2 Å². The van der Waals surface area contributed by atoms with Gasteiger partial charge in [0.2, 0.25) is 0 Å². The first kappa shape index (κ1) is 15.3. The molecular formula is C18H20N4O. The van der Waals surface area contributed by atoms with E-state index in [1.165, 1.54) is 0 Å². The van der Waals surface area contributed by atoms with Crippen molar-refractivity contribution in [2.75, 3.05) is 13.6 Å². The van der Waals surface area contributed by atoms with E-state index in [4.69, 9.17) is 5.26 Å². The predicted molar refractivity (Wildman–Crippen MR) is 87.5 cm³/mol. The second-order valence-corrected chi connectivity index (χ2v) is 5.96. The molecule has 1 aliphatic rings. The Bertz CT molecular complexity index is 785.